The number of aryl methyl sites for hydroxylation is 1. The van der Waals surface area contributed by atoms with Crippen LogP contribution in [0.1, 0.15) is 54.8 Å². The van der Waals surface area contributed by atoms with Gasteiger partial charge in [0.25, 0.3) is 0 Å². The first-order valence-electron chi connectivity index (χ1n) is 7.88. The van der Waals surface area contributed by atoms with Gasteiger partial charge in [0, 0.05) is 22.3 Å². The van der Waals surface area contributed by atoms with Crippen LogP contribution < -0.4 is 5.73 Å². The highest BCUT2D eigenvalue weighted by Gasteiger charge is 2.39. The molecule has 0 radical (unpaired) electrons. The lowest BCUT2D eigenvalue weighted by Gasteiger charge is -2.36. The van der Waals surface area contributed by atoms with Crippen LogP contribution in [-0.2, 0) is 6.42 Å². The minimum absolute atomic E-state index is 0.471. The molecule has 3 rings (SSSR count). The first kappa shape index (κ1) is 13.6. The van der Waals surface area contributed by atoms with E-state index in [9.17, 15) is 0 Å². The Kier molecular flexibility index (Phi) is 4.25. The van der Waals surface area contributed by atoms with E-state index in [-0.39, 0.29) is 0 Å². The number of likely N-dealkylation sites (tertiary alicyclic amines) is 1. The minimum Gasteiger partial charge on any atom is -0.329 e. The average molecular weight is 278 g/mol. The van der Waals surface area contributed by atoms with E-state index in [0.717, 1.165) is 24.9 Å². The molecule has 1 aromatic rings. The topological polar surface area (TPSA) is 29.3 Å². The third-order valence-corrected chi connectivity index (χ3v) is 6.37. The average Bonchev–Trinajstić information content (AvgIpc) is 3.07. The number of nitrogens with two attached hydrogens (primary N) is 1. The Morgan fingerprint density at radius 1 is 1.32 bits per heavy atom. The van der Waals surface area contributed by atoms with Crippen LogP contribution in [0.4, 0.5) is 0 Å². The van der Waals surface area contributed by atoms with E-state index in [4.69, 9.17) is 5.73 Å². The summed E-state index contributed by atoms with van der Waals surface area (Å²) in [5.74, 6) is 0.952. The van der Waals surface area contributed by atoms with Crippen LogP contribution in [0.15, 0.2) is 12.1 Å². The molecule has 3 atom stereocenters. The molecule has 0 aromatic carbocycles. The Morgan fingerprint density at radius 3 is 2.89 bits per heavy atom. The second-order valence-corrected chi connectivity index (χ2v) is 7.25. The standard InChI is InChI=1S/C16H26N2S/c1-2-13-7-8-16(19-13)15(11-17)18-10-9-12-5-3-4-6-14(12)18/h7-8,12,14-15H,2-6,9-11,17H2,1H3. The third kappa shape index (κ3) is 2.61. The van der Waals surface area contributed by atoms with E-state index in [1.165, 1.54) is 48.4 Å². The summed E-state index contributed by atoms with van der Waals surface area (Å²) in [5, 5.41) is 0. The second-order valence-electron chi connectivity index (χ2n) is 6.05. The zero-order valence-electron chi connectivity index (χ0n) is 12.0. The largest absolute Gasteiger partial charge is 0.329 e. The van der Waals surface area contributed by atoms with Gasteiger partial charge in [-0.3, -0.25) is 4.90 Å². The molecule has 1 aromatic heterocycles. The van der Waals surface area contributed by atoms with Gasteiger partial charge in [0.05, 0.1) is 6.04 Å². The molecule has 1 aliphatic heterocycles. The van der Waals surface area contributed by atoms with E-state index in [0.29, 0.717) is 6.04 Å². The smallest absolute Gasteiger partial charge is 0.0566 e. The van der Waals surface area contributed by atoms with Crippen LogP contribution in [0.2, 0.25) is 0 Å². The second kappa shape index (κ2) is 5.94. The van der Waals surface area contributed by atoms with Crippen molar-refractivity contribution in [1.82, 2.24) is 4.90 Å². The molecule has 2 aliphatic rings. The fourth-order valence-corrected chi connectivity index (χ4v) is 5.09. The van der Waals surface area contributed by atoms with Crippen LogP contribution >= 0.6 is 11.3 Å². The molecule has 3 unspecified atom stereocenters. The fraction of sp³-hybridized carbons (Fsp3) is 0.750. The molecule has 19 heavy (non-hydrogen) atoms. The maximum atomic E-state index is 6.12. The summed E-state index contributed by atoms with van der Waals surface area (Å²) in [7, 11) is 0. The lowest BCUT2D eigenvalue weighted by atomic mass is 9.85. The highest BCUT2D eigenvalue weighted by atomic mass is 32.1. The molecule has 106 valence electrons. The Labute approximate surface area is 121 Å². The van der Waals surface area contributed by atoms with Gasteiger partial charge in [-0.1, -0.05) is 19.8 Å². The number of thiophene rings is 1. The number of rotatable bonds is 4. The van der Waals surface area contributed by atoms with E-state index in [2.05, 4.69) is 24.0 Å². The summed E-state index contributed by atoms with van der Waals surface area (Å²) in [4.78, 5) is 5.72. The van der Waals surface area contributed by atoms with Crippen LogP contribution in [-0.4, -0.2) is 24.0 Å². The highest BCUT2D eigenvalue weighted by molar-refractivity contribution is 7.12. The zero-order chi connectivity index (χ0) is 13.2. The molecule has 2 heterocycles. The molecule has 1 saturated carbocycles. The molecule has 0 amide bonds. The van der Waals surface area contributed by atoms with E-state index >= 15 is 0 Å². The van der Waals surface area contributed by atoms with Crippen molar-refractivity contribution < 1.29 is 0 Å². The maximum Gasteiger partial charge on any atom is 0.0566 e. The van der Waals surface area contributed by atoms with Crippen LogP contribution in [0.25, 0.3) is 0 Å². The summed E-state index contributed by atoms with van der Waals surface area (Å²) < 4.78 is 0. The molecular weight excluding hydrogens is 252 g/mol. The summed E-state index contributed by atoms with van der Waals surface area (Å²) in [5.41, 5.74) is 6.12. The van der Waals surface area contributed by atoms with Gasteiger partial charge in [0.15, 0.2) is 0 Å². The van der Waals surface area contributed by atoms with Crippen molar-refractivity contribution in [3.05, 3.63) is 21.9 Å². The van der Waals surface area contributed by atoms with Crippen LogP contribution in [0.3, 0.4) is 0 Å². The van der Waals surface area contributed by atoms with Crippen LogP contribution in [0, 0.1) is 5.92 Å². The predicted molar refractivity (Wildman–Crippen MR) is 82.6 cm³/mol. The first-order chi connectivity index (χ1) is 9.33. The number of hydrogen-bond acceptors (Lipinski definition) is 3. The van der Waals surface area contributed by atoms with Gasteiger partial charge in [-0.25, -0.2) is 0 Å². The Balaban J connectivity index is 1.78. The molecule has 0 bridgehead atoms. The summed E-state index contributed by atoms with van der Waals surface area (Å²) >= 11 is 1.97. The molecule has 1 aliphatic carbocycles. The Bertz CT molecular complexity index is 415. The molecule has 2 nitrogen and oxygen atoms in total. The van der Waals surface area contributed by atoms with Gasteiger partial charge in [-0.05, 0) is 50.3 Å². The van der Waals surface area contributed by atoms with E-state index in [1.54, 1.807) is 0 Å². The van der Waals surface area contributed by atoms with Gasteiger partial charge in [0.1, 0.15) is 0 Å². The molecule has 1 saturated heterocycles. The normalized spacial score (nSPS) is 29.4. The maximum absolute atomic E-state index is 6.12. The minimum atomic E-state index is 0.471. The van der Waals surface area contributed by atoms with Crippen molar-refractivity contribution in [2.45, 2.75) is 57.5 Å². The summed E-state index contributed by atoms with van der Waals surface area (Å²) in [6, 6.07) is 5.89. The zero-order valence-corrected chi connectivity index (χ0v) is 12.8. The molecule has 3 heteroatoms. The number of hydrogen-bond donors (Lipinski definition) is 1. The summed E-state index contributed by atoms with van der Waals surface area (Å²) in [6.45, 7) is 4.27. The SMILES string of the molecule is CCc1ccc(C(CN)N2CCC3CCCCC32)s1. The lowest BCUT2D eigenvalue weighted by molar-refractivity contribution is 0.137. The molecule has 2 fully saturated rings. The monoisotopic (exact) mass is 278 g/mol. The van der Waals surface area contributed by atoms with Crippen molar-refractivity contribution in [1.29, 1.82) is 0 Å². The first-order valence-corrected chi connectivity index (χ1v) is 8.69. The fourth-order valence-electron chi connectivity index (χ4n) is 4.01. The van der Waals surface area contributed by atoms with Gasteiger partial charge < -0.3 is 5.73 Å². The molecule has 0 spiro atoms. The highest BCUT2D eigenvalue weighted by Crippen LogP contribution is 2.41. The van der Waals surface area contributed by atoms with Crippen molar-refractivity contribution >= 4 is 11.3 Å². The van der Waals surface area contributed by atoms with Gasteiger partial charge >= 0.3 is 0 Å². The summed E-state index contributed by atoms with van der Waals surface area (Å²) in [6.07, 6.45) is 8.25. The Hall–Kier alpha value is -0.380. The quantitative estimate of drug-likeness (QED) is 0.912. The third-order valence-electron chi connectivity index (χ3n) is 5.04. The Morgan fingerprint density at radius 2 is 2.16 bits per heavy atom. The molecule has 2 N–H and O–H groups in total. The number of nitrogens with zero attached hydrogens (tertiary/aromatic N) is 1. The van der Waals surface area contributed by atoms with E-state index < -0.39 is 0 Å². The van der Waals surface area contributed by atoms with Gasteiger partial charge in [-0.2, -0.15) is 0 Å². The molecular formula is C16H26N2S. The van der Waals surface area contributed by atoms with Crippen LogP contribution in [0.5, 0.6) is 0 Å². The van der Waals surface area contributed by atoms with Crippen molar-refractivity contribution in [2.24, 2.45) is 11.7 Å². The van der Waals surface area contributed by atoms with E-state index in [1.807, 2.05) is 11.3 Å². The van der Waals surface area contributed by atoms with Crippen molar-refractivity contribution in [3.63, 3.8) is 0 Å². The van der Waals surface area contributed by atoms with Crippen molar-refractivity contribution in [2.75, 3.05) is 13.1 Å². The van der Waals surface area contributed by atoms with Gasteiger partial charge in [0.2, 0.25) is 0 Å². The predicted octanol–water partition coefficient (Wildman–Crippen LogP) is 3.57. The lowest BCUT2D eigenvalue weighted by Crippen LogP contribution is -2.40. The van der Waals surface area contributed by atoms with Crippen molar-refractivity contribution in [3.8, 4) is 0 Å². The number of fused-ring (bicyclic) bond motifs is 1. The van der Waals surface area contributed by atoms with Gasteiger partial charge in [-0.15, -0.1) is 11.3 Å².